The fraction of sp³-hybridized carbons (Fsp3) is 0.312. The average molecular weight is 272 g/mol. The summed E-state index contributed by atoms with van der Waals surface area (Å²) in [6, 6.07) is 9.85. The molecule has 1 aromatic heterocycles. The summed E-state index contributed by atoms with van der Waals surface area (Å²) in [5, 5.41) is 0. The zero-order valence-corrected chi connectivity index (χ0v) is 12.1. The van der Waals surface area contributed by atoms with E-state index >= 15 is 0 Å². The third-order valence-corrected chi connectivity index (χ3v) is 3.08. The van der Waals surface area contributed by atoms with Crippen LogP contribution in [0.5, 0.6) is 11.5 Å². The van der Waals surface area contributed by atoms with E-state index in [9.17, 15) is 0 Å². The van der Waals surface area contributed by atoms with Crippen LogP contribution in [0.3, 0.4) is 0 Å². The number of aryl methyl sites for hydroxylation is 2. The van der Waals surface area contributed by atoms with Crippen molar-refractivity contribution in [3.8, 4) is 11.5 Å². The molecule has 1 aromatic carbocycles. The van der Waals surface area contributed by atoms with Crippen LogP contribution in [0.15, 0.2) is 30.3 Å². The summed E-state index contributed by atoms with van der Waals surface area (Å²) in [4.78, 5) is 4.38. The van der Waals surface area contributed by atoms with Crippen molar-refractivity contribution in [2.75, 3.05) is 7.11 Å². The van der Waals surface area contributed by atoms with Crippen LogP contribution in [-0.2, 0) is 13.2 Å². The van der Waals surface area contributed by atoms with Crippen molar-refractivity contribution in [2.24, 2.45) is 5.73 Å². The molecule has 106 valence electrons. The highest BCUT2D eigenvalue weighted by Crippen LogP contribution is 2.23. The molecule has 0 saturated heterocycles. The lowest BCUT2D eigenvalue weighted by atomic mass is 10.1. The van der Waals surface area contributed by atoms with Crippen molar-refractivity contribution in [3.05, 3.63) is 52.8 Å². The summed E-state index contributed by atoms with van der Waals surface area (Å²) in [5.74, 6) is 1.55. The maximum Gasteiger partial charge on any atom is 0.142 e. The number of ether oxygens (including phenoxy) is 2. The Hall–Kier alpha value is -2.07. The van der Waals surface area contributed by atoms with Crippen molar-refractivity contribution >= 4 is 0 Å². The molecular weight excluding hydrogens is 252 g/mol. The largest absolute Gasteiger partial charge is 0.496 e. The van der Waals surface area contributed by atoms with Gasteiger partial charge < -0.3 is 15.2 Å². The normalized spacial score (nSPS) is 10.4. The Morgan fingerprint density at radius 1 is 1.10 bits per heavy atom. The second-order valence-corrected chi connectivity index (χ2v) is 4.71. The highest BCUT2D eigenvalue weighted by atomic mass is 16.5. The molecule has 2 rings (SSSR count). The minimum atomic E-state index is 0.363. The van der Waals surface area contributed by atoms with Gasteiger partial charge in [-0.1, -0.05) is 11.6 Å². The highest BCUT2D eigenvalue weighted by Gasteiger charge is 2.08. The van der Waals surface area contributed by atoms with E-state index in [2.05, 4.69) is 11.1 Å². The highest BCUT2D eigenvalue weighted by molar-refractivity contribution is 5.37. The van der Waals surface area contributed by atoms with E-state index in [1.54, 1.807) is 7.11 Å². The van der Waals surface area contributed by atoms with Crippen LogP contribution in [0.1, 0.15) is 22.5 Å². The molecule has 0 radical (unpaired) electrons. The average Bonchev–Trinajstić information content (AvgIpc) is 2.46. The summed E-state index contributed by atoms with van der Waals surface area (Å²) in [7, 11) is 1.66. The quantitative estimate of drug-likeness (QED) is 0.909. The van der Waals surface area contributed by atoms with Crippen LogP contribution in [0.4, 0.5) is 0 Å². The molecule has 2 aromatic rings. The molecule has 0 aliphatic rings. The molecule has 4 heteroatoms. The molecule has 1 heterocycles. The van der Waals surface area contributed by atoms with Gasteiger partial charge in [-0.3, -0.25) is 4.98 Å². The first-order valence-electron chi connectivity index (χ1n) is 6.57. The van der Waals surface area contributed by atoms with Crippen molar-refractivity contribution in [1.29, 1.82) is 0 Å². The molecule has 0 aliphatic heterocycles. The zero-order valence-electron chi connectivity index (χ0n) is 12.1. The molecule has 0 aliphatic carbocycles. The Morgan fingerprint density at radius 2 is 1.85 bits per heavy atom. The number of pyridine rings is 1. The molecule has 2 N–H and O–H groups in total. The van der Waals surface area contributed by atoms with Gasteiger partial charge in [0.1, 0.15) is 18.1 Å². The number of rotatable bonds is 5. The first-order chi connectivity index (χ1) is 9.63. The van der Waals surface area contributed by atoms with Gasteiger partial charge in [0, 0.05) is 17.8 Å². The number of benzene rings is 1. The van der Waals surface area contributed by atoms with Gasteiger partial charge in [0.05, 0.1) is 12.8 Å². The standard InChI is InChI=1S/C16H20N2O2/c1-11-4-6-15(19-3)13(8-11)10-20-16-7-5-12(2)18-14(16)9-17/h4-8H,9-10,17H2,1-3H3. The van der Waals surface area contributed by atoms with Gasteiger partial charge in [-0.2, -0.15) is 0 Å². The molecule has 0 fully saturated rings. The van der Waals surface area contributed by atoms with Crippen LogP contribution >= 0.6 is 0 Å². The van der Waals surface area contributed by atoms with Gasteiger partial charge in [0.2, 0.25) is 0 Å². The van der Waals surface area contributed by atoms with Crippen LogP contribution in [-0.4, -0.2) is 12.1 Å². The van der Waals surface area contributed by atoms with E-state index in [1.165, 1.54) is 5.56 Å². The van der Waals surface area contributed by atoms with E-state index in [-0.39, 0.29) is 0 Å². The first kappa shape index (κ1) is 14.3. The first-order valence-corrected chi connectivity index (χ1v) is 6.57. The SMILES string of the molecule is COc1ccc(C)cc1COc1ccc(C)nc1CN. The van der Waals surface area contributed by atoms with Gasteiger partial charge in [-0.25, -0.2) is 0 Å². The molecule has 4 nitrogen and oxygen atoms in total. The number of aromatic nitrogens is 1. The predicted octanol–water partition coefficient (Wildman–Crippen LogP) is 2.74. The molecule has 0 amide bonds. The van der Waals surface area contributed by atoms with Crippen molar-refractivity contribution < 1.29 is 9.47 Å². The van der Waals surface area contributed by atoms with Crippen LogP contribution < -0.4 is 15.2 Å². The lowest BCUT2D eigenvalue weighted by Crippen LogP contribution is -2.06. The van der Waals surface area contributed by atoms with Crippen molar-refractivity contribution in [3.63, 3.8) is 0 Å². The minimum Gasteiger partial charge on any atom is -0.496 e. The van der Waals surface area contributed by atoms with E-state index in [4.69, 9.17) is 15.2 Å². The second kappa shape index (κ2) is 6.39. The lowest BCUT2D eigenvalue weighted by molar-refractivity contribution is 0.292. The zero-order chi connectivity index (χ0) is 14.5. The Labute approximate surface area is 119 Å². The van der Waals surface area contributed by atoms with Crippen LogP contribution in [0.25, 0.3) is 0 Å². The van der Waals surface area contributed by atoms with E-state index in [0.717, 1.165) is 28.5 Å². The topological polar surface area (TPSA) is 57.4 Å². The number of nitrogens with two attached hydrogens (primary N) is 1. The third-order valence-electron chi connectivity index (χ3n) is 3.08. The van der Waals surface area contributed by atoms with E-state index in [1.807, 2.05) is 38.1 Å². The molecule has 0 saturated carbocycles. The molecule has 0 unspecified atom stereocenters. The van der Waals surface area contributed by atoms with E-state index < -0.39 is 0 Å². The summed E-state index contributed by atoms with van der Waals surface area (Å²) in [6.45, 7) is 4.78. The Balaban J connectivity index is 2.18. The minimum absolute atomic E-state index is 0.363. The van der Waals surface area contributed by atoms with Gasteiger partial charge >= 0.3 is 0 Å². The number of methoxy groups -OCH3 is 1. The van der Waals surface area contributed by atoms with Crippen molar-refractivity contribution in [2.45, 2.75) is 27.0 Å². The summed E-state index contributed by atoms with van der Waals surface area (Å²) >= 11 is 0. The second-order valence-electron chi connectivity index (χ2n) is 4.71. The number of hydrogen-bond acceptors (Lipinski definition) is 4. The summed E-state index contributed by atoms with van der Waals surface area (Å²) < 4.78 is 11.2. The monoisotopic (exact) mass is 272 g/mol. The fourth-order valence-electron chi connectivity index (χ4n) is 2.05. The summed E-state index contributed by atoms with van der Waals surface area (Å²) in [6.07, 6.45) is 0. The van der Waals surface area contributed by atoms with Gasteiger partial charge in [-0.05, 0) is 38.1 Å². The molecule has 0 spiro atoms. The maximum absolute atomic E-state index is 5.84. The Bertz CT molecular complexity index is 597. The predicted molar refractivity (Wildman–Crippen MR) is 78.9 cm³/mol. The van der Waals surface area contributed by atoms with E-state index in [0.29, 0.717) is 13.2 Å². The maximum atomic E-state index is 5.84. The molecule has 0 atom stereocenters. The Morgan fingerprint density at radius 3 is 2.55 bits per heavy atom. The summed E-state index contributed by atoms with van der Waals surface area (Å²) in [5.41, 5.74) is 9.59. The fourth-order valence-corrected chi connectivity index (χ4v) is 2.05. The van der Waals surface area contributed by atoms with Crippen LogP contribution in [0.2, 0.25) is 0 Å². The number of nitrogens with zero attached hydrogens (tertiary/aromatic N) is 1. The third kappa shape index (κ3) is 3.27. The molecule has 0 bridgehead atoms. The van der Waals surface area contributed by atoms with Gasteiger partial charge in [0.25, 0.3) is 0 Å². The number of hydrogen-bond donors (Lipinski definition) is 1. The van der Waals surface area contributed by atoms with Crippen LogP contribution in [0, 0.1) is 13.8 Å². The molecular formula is C16H20N2O2. The lowest BCUT2D eigenvalue weighted by Gasteiger charge is -2.13. The molecule has 20 heavy (non-hydrogen) atoms. The Kier molecular flexibility index (Phi) is 4.58. The smallest absolute Gasteiger partial charge is 0.142 e. The van der Waals surface area contributed by atoms with Gasteiger partial charge in [0.15, 0.2) is 0 Å². The van der Waals surface area contributed by atoms with Crippen molar-refractivity contribution in [1.82, 2.24) is 4.98 Å². The van der Waals surface area contributed by atoms with Gasteiger partial charge in [-0.15, -0.1) is 0 Å².